The van der Waals surface area contributed by atoms with Crippen molar-refractivity contribution in [2.75, 3.05) is 13.1 Å². The highest BCUT2D eigenvalue weighted by molar-refractivity contribution is 4.69. The summed E-state index contributed by atoms with van der Waals surface area (Å²) < 4.78 is 0. The molecule has 0 aliphatic carbocycles. The Morgan fingerprint density at radius 3 is 2.17 bits per heavy atom. The maximum absolute atomic E-state index is 5.96. The van der Waals surface area contributed by atoms with Gasteiger partial charge < -0.3 is 5.73 Å². The summed E-state index contributed by atoms with van der Waals surface area (Å²) in [6.07, 6.45) is 2.33. The second-order valence-corrected chi connectivity index (χ2v) is 3.73. The van der Waals surface area contributed by atoms with Gasteiger partial charge in [0.2, 0.25) is 0 Å². The van der Waals surface area contributed by atoms with Crippen LogP contribution in [0.1, 0.15) is 40.5 Å². The Kier molecular flexibility index (Phi) is 6.39. The predicted octanol–water partition coefficient (Wildman–Crippen LogP) is 1.84. The Morgan fingerprint density at radius 2 is 1.83 bits per heavy atom. The van der Waals surface area contributed by atoms with E-state index in [0.29, 0.717) is 12.1 Å². The third-order valence-electron chi connectivity index (χ3n) is 2.26. The van der Waals surface area contributed by atoms with Crippen molar-refractivity contribution in [3.05, 3.63) is 0 Å². The molecule has 0 saturated carbocycles. The first-order valence-corrected chi connectivity index (χ1v) is 5.11. The second kappa shape index (κ2) is 6.44. The van der Waals surface area contributed by atoms with Gasteiger partial charge in [0, 0.05) is 18.6 Å². The highest BCUT2D eigenvalue weighted by Crippen LogP contribution is 2.01. The van der Waals surface area contributed by atoms with Crippen LogP contribution in [0, 0.1) is 0 Å². The lowest BCUT2D eigenvalue weighted by Crippen LogP contribution is -2.41. The fraction of sp³-hybridized carbons (Fsp3) is 1.00. The maximum Gasteiger partial charge on any atom is 0.0167 e. The molecule has 2 N–H and O–H groups in total. The molecular weight excluding hydrogens is 148 g/mol. The summed E-state index contributed by atoms with van der Waals surface area (Å²) in [6, 6.07) is 0.982. The third kappa shape index (κ3) is 4.73. The molecule has 0 aromatic rings. The fourth-order valence-corrected chi connectivity index (χ4v) is 1.47. The average molecular weight is 172 g/mol. The van der Waals surface area contributed by atoms with E-state index in [1.54, 1.807) is 0 Å². The number of nitrogens with zero attached hydrogens (tertiary/aromatic N) is 1. The molecule has 0 saturated heterocycles. The van der Waals surface area contributed by atoms with Crippen LogP contribution < -0.4 is 5.73 Å². The summed E-state index contributed by atoms with van der Waals surface area (Å²) >= 11 is 0. The SMILES string of the molecule is CCCC(N)CN(CC)C(C)C. The van der Waals surface area contributed by atoms with Gasteiger partial charge in [-0.2, -0.15) is 0 Å². The molecule has 0 aromatic carbocycles. The maximum atomic E-state index is 5.96. The summed E-state index contributed by atoms with van der Waals surface area (Å²) in [5.74, 6) is 0. The smallest absolute Gasteiger partial charge is 0.0167 e. The summed E-state index contributed by atoms with van der Waals surface area (Å²) in [4.78, 5) is 2.42. The zero-order valence-electron chi connectivity index (χ0n) is 9.01. The number of hydrogen-bond acceptors (Lipinski definition) is 2. The molecule has 0 aromatic heterocycles. The van der Waals surface area contributed by atoms with Gasteiger partial charge in [0.1, 0.15) is 0 Å². The minimum Gasteiger partial charge on any atom is -0.327 e. The van der Waals surface area contributed by atoms with E-state index in [0.717, 1.165) is 19.5 Å². The molecule has 0 heterocycles. The molecule has 0 radical (unpaired) electrons. The third-order valence-corrected chi connectivity index (χ3v) is 2.26. The van der Waals surface area contributed by atoms with Gasteiger partial charge in [-0.05, 0) is 26.8 Å². The van der Waals surface area contributed by atoms with E-state index in [1.807, 2.05) is 0 Å². The summed E-state index contributed by atoms with van der Waals surface area (Å²) in [7, 11) is 0. The number of likely N-dealkylation sites (N-methyl/N-ethyl adjacent to an activating group) is 1. The highest BCUT2D eigenvalue weighted by atomic mass is 15.1. The number of nitrogens with two attached hydrogens (primary N) is 1. The van der Waals surface area contributed by atoms with Crippen LogP contribution in [0.3, 0.4) is 0 Å². The molecule has 74 valence electrons. The molecule has 0 amide bonds. The average Bonchev–Trinajstić information content (AvgIpc) is 2.00. The molecule has 1 unspecified atom stereocenters. The van der Waals surface area contributed by atoms with E-state index in [2.05, 4.69) is 32.6 Å². The van der Waals surface area contributed by atoms with Crippen LogP contribution in [-0.4, -0.2) is 30.1 Å². The Balaban J connectivity index is 3.69. The Hall–Kier alpha value is -0.0800. The van der Waals surface area contributed by atoms with Crippen LogP contribution in [0.25, 0.3) is 0 Å². The molecule has 12 heavy (non-hydrogen) atoms. The quantitative estimate of drug-likeness (QED) is 0.662. The normalized spacial score (nSPS) is 14.2. The molecule has 2 heteroatoms. The molecule has 0 bridgehead atoms. The molecular formula is C10H24N2. The molecule has 2 nitrogen and oxygen atoms in total. The van der Waals surface area contributed by atoms with E-state index < -0.39 is 0 Å². The van der Waals surface area contributed by atoms with Crippen molar-refractivity contribution in [2.45, 2.75) is 52.6 Å². The zero-order chi connectivity index (χ0) is 9.56. The van der Waals surface area contributed by atoms with Gasteiger partial charge in [0.05, 0.1) is 0 Å². The van der Waals surface area contributed by atoms with Gasteiger partial charge in [-0.1, -0.05) is 20.3 Å². The molecule has 0 fully saturated rings. The van der Waals surface area contributed by atoms with Crippen LogP contribution in [0.5, 0.6) is 0 Å². The highest BCUT2D eigenvalue weighted by Gasteiger charge is 2.10. The first kappa shape index (κ1) is 11.9. The van der Waals surface area contributed by atoms with Crippen LogP contribution in [0.4, 0.5) is 0 Å². The first-order valence-electron chi connectivity index (χ1n) is 5.11. The lowest BCUT2D eigenvalue weighted by atomic mass is 10.1. The van der Waals surface area contributed by atoms with E-state index >= 15 is 0 Å². The molecule has 0 rings (SSSR count). The summed E-state index contributed by atoms with van der Waals surface area (Å²) in [5, 5.41) is 0. The van der Waals surface area contributed by atoms with E-state index in [4.69, 9.17) is 5.73 Å². The van der Waals surface area contributed by atoms with Gasteiger partial charge >= 0.3 is 0 Å². The van der Waals surface area contributed by atoms with Crippen LogP contribution in [-0.2, 0) is 0 Å². The van der Waals surface area contributed by atoms with Crippen molar-refractivity contribution >= 4 is 0 Å². The van der Waals surface area contributed by atoms with Gasteiger partial charge in [0.25, 0.3) is 0 Å². The van der Waals surface area contributed by atoms with Crippen molar-refractivity contribution in [3.63, 3.8) is 0 Å². The van der Waals surface area contributed by atoms with Crippen molar-refractivity contribution in [2.24, 2.45) is 5.73 Å². The monoisotopic (exact) mass is 172 g/mol. The summed E-state index contributed by atoms with van der Waals surface area (Å²) in [5.41, 5.74) is 5.96. The van der Waals surface area contributed by atoms with Crippen LogP contribution in [0.15, 0.2) is 0 Å². The molecule has 1 atom stereocenters. The topological polar surface area (TPSA) is 29.3 Å². The first-order chi connectivity index (χ1) is 5.61. The minimum absolute atomic E-state index is 0.359. The standard InChI is InChI=1S/C10H24N2/c1-5-7-10(11)8-12(6-2)9(3)4/h9-10H,5-8,11H2,1-4H3. The minimum atomic E-state index is 0.359. The van der Waals surface area contributed by atoms with Crippen molar-refractivity contribution in [3.8, 4) is 0 Å². The summed E-state index contributed by atoms with van der Waals surface area (Å²) in [6.45, 7) is 11.0. The van der Waals surface area contributed by atoms with Crippen molar-refractivity contribution < 1.29 is 0 Å². The van der Waals surface area contributed by atoms with Gasteiger partial charge in [-0.25, -0.2) is 0 Å². The molecule has 0 aliphatic heterocycles. The van der Waals surface area contributed by atoms with Gasteiger partial charge in [0.15, 0.2) is 0 Å². The Bertz CT molecular complexity index is 102. The van der Waals surface area contributed by atoms with Crippen LogP contribution in [0.2, 0.25) is 0 Å². The fourth-order valence-electron chi connectivity index (χ4n) is 1.47. The largest absolute Gasteiger partial charge is 0.327 e. The Morgan fingerprint density at radius 1 is 1.25 bits per heavy atom. The van der Waals surface area contributed by atoms with Crippen LogP contribution >= 0.6 is 0 Å². The van der Waals surface area contributed by atoms with Gasteiger partial charge in [-0.15, -0.1) is 0 Å². The number of hydrogen-bond donors (Lipinski definition) is 1. The van der Waals surface area contributed by atoms with E-state index in [1.165, 1.54) is 6.42 Å². The van der Waals surface area contributed by atoms with Crippen molar-refractivity contribution in [1.82, 2.24) is 4.90 Å². The molecule has 0 aliphatic rings. The van der Waals surface area contributed by atoms with E-state index in [9.17, 15) is 0 Å². The van der Waals surface area contributed by atoms with Gasteiger partial charge in [-0.3, -0.25) is 4.90 Å². The lowest BCUT2D eigenvalue weighted by molar-refractivity contribution is 0.216. The Labute approximate surface area is 77.1 Å². The lowest BCUT2D eigenvalue weighted by Gasteiger charge is -2.27. The second-order valence-electron chi connectivity index (χ2n) is 3.73. The zero-order valence-corrected chi connectivity index (χ0v) is 9.01. The molecule has 0 spiro atoms. The predicted molar refractivity (Wildman–Crippen MR) is 55.3 cm³/mol. The van der Waals surface area contributed by atoms with Crippen molar-refractivity contribution in [1.29, 1.82) is 0 Å². The van der Waals surface area contributed by atoms with E-state index in [-0.39, 0.29) is 0 Å². The number of rotatable bonds is 6.